The summed E-state index contributed by atoms with van der Waals surface area (Å²) in [6.07, 6.45) is 17.8. The number of nitrogens with one attached hydrogen (secondary N) is 1. The number of fused-ring (bicyclic) bond motifs is 8. The van der Waals surface area contributed by atoms with Gasteiger partial charge in [-0.1, -0.05) is 58.9 Å². The average Bonchev–Trinajstić information content (AvgIpc) is 3.35. The largest absolute Gasteiger partial charge is 0.466 e. The van der Waals surface area contributed by atoms with E-state index in [9.17, 15) is 13.2 Å². The zero-order valence-corrected chi connectivity index (χ0v) is 33.8. The van der Waals surface area contributed by atoms with Crippen LogP contribution in [0.25, 0.3) is 0 Å². The maximum Gasteiger partial charge on any atom is 0.309 e. The summed E-state index contributed by atoms with van der Waals surface area (Å²) in [5, 5.41) is 4.23. The highest BCUT2D eigenvalue weighted by molar-refractivity contribution is 7.91. The Morgan fingerprint density at radius 1 is 0.980 bits per heavy atom. The number of hydrogen-bond acceptors (Lipinski definition) is 6. The Balaban J connectivity index is 1.02. The number of carbonyl (C=O) groups is 1. The second-order valence-corrected chi connectivity index (χ2v) is 22.5. The number of ether oxygens (including phenoxy) is 1. The van der Waals surface area contributed by atoms with Gasteiger partial charge in [0.1, 0.15) is 0 Å². The molecule has 0 amide bonds. The van der Waals surface area contributed by atoms with Crippen LogP contribution >= 0.6 is 0 Å². The maximum atomic E-state index is 12.5. The number of rotatable bonds is 8. The summed E-state index contributed by atoms with van der Waals surface area (Å²) in [4.78, 5) is 14.9. The van der Waals surface area contributed by atoms with Crippen molar-refractivity contribution in [1.82, 2.24) is 10.2 Å². The lowest BCUT2D eigenvalue weighted by molar-refractivity contribution is -0.221. The number of nitrogens with zero attached hydrogens (tertiary/aromatic N) is 1. The number of allylic oxidation sites excluding steroid dienone is 5. The average molecular weight is 721 g/mol. The summed E-state index contributed by atoms with van der Waals surface area (Å²) in [5.74, 6) is 4.90. The van der Waals surface area contributed by atoms with Gasteiger partial charge in [-0.25, -0.2) is 8.42 Å². The molecule has 0 radical (unpaired) electrons. The van der Waals surface area contributed by atoms with E-state index in [1.807, 2.05) is 6.92 Å². The summed E-state index contributed by atoms with van der Waals surface area (Å²) < 4.78 is 29.5. The van der Waals surface area contributed by atoms with Crippen molar-refractivity contribution in [1.29, 1.82) is 0 Å². The van der Waals surface area contributed by atoms with Gasteiger partial charge in [-0.05, 0) is 152 Å². The maximum absolute atomic E-state index is 12.5. The lowest BCUT2D eigenvalue weighted by atomic mass is 9.33. The Labute approximate surface area is 310 Å². The molecule has 0 aromatic rings. The third kappa shape index (κ3) is 5.40. The zero-order valence-electron chi connectivity index (χ0n) is 33.0. The fraction of sp³-hybridized carbons (Fsp3) is 0.841. The van der Waals surface area contributed by atoms with Gasteiger partial charge in [-0.3, -0.25) is 4.79 Å². The van der Waals surface area contributed by atoms with E-state index in [1.165, 1.54) is 68.9 Å². The molecule has 4 unspecified atom stereocenters. The summed E-state index contributed by atoms with van der Waals surface area (Å²) >= 11 is 0. The number of esters is 1. The van der Waals surface area contributed by atoms with Gasteiger partial charge >= 0.3 is 5.97 Å². The van der Waals surface area contributed by atoms with Crippen LogP contribution in [0.5, 0.6) is 0 Å². The van der Waals surface area contributed by atoms with E-state index < -0.39 is 9.84 Å². The molecule has 1 saturated heterocycles. The third-order valence-corrected chi connectivity index (χ3v) is 19.6. The van der Waals surface area contributed by atoms with E-state index in [4.69, 9.17) is 4.74 Å². The van der Waals surface area contributed by atoms with E-state index in [2.05, 4.69) is 70.5 Å². The van der Waals surface area contributed by atoms with E-state index in [-0.39, 0.29) is 22.8 Å². The SMILES string of the molecule is C=C(C)[C@@H]1CC[C@]2(NCCN3CCS(=O)(=O)CC3)CC[C@]3(C)C(CC[C@@H]4[C@@]5(C)CC=C(C6=CC7C(C6)C7C(=O)OCC)C(C)(C)[C@@H]5CC[C@]43C)[C@@H]12. The van der Waals surface area contributed by atoms with Crippen LogP contribution < -0.4 is 5.32 Å². The Morgan fingerprint density at radius 3 is 2.39 bits per heavy atom. The van der Waals surface area contributed by atoms with Crippen molar-refractivity contribution in [2.75, 3.05) is 44.3 Å². The predicted molar refractivity (Wildman–Crippen MR) is 206 cm³/mol. The van der Waals surface area contributed by atoms with Crippen molar-refractivity contribution in [3.05, 3.63) is 35.5 Å². The molecule has 0 spiro atoms. The fourth-order valence-corrected chi connectivity index (χ4v) is 16.5. The van der Waals surface area contributed by atoms with Crippen molar-refractivity contribution >= 4 is 15.8 Å². The molecule has 1 N–H and O–H groups in total. The van der Waals surface area contributed by atoms with Crippen LogP contribution in [0.2, 0.25) is 0 Å². The van der Waals surface area contributed by atoms with Gasteiger partial charge < -0.3 is 15.0 Å². The number of hydrogen-bond donors (Lipinski definition) is 1. The van der Waals surface area contributed by atoms with Crippen molar-refractivity contribution < 1.29 is 17.9 Å². The van der Waals surface area contributed by atoms with Gasteiger partial charge in [0.15, 0.2) is 9.84 Å². The minimum atomic E-state index is -2.85. The Kier molecular flexibility index (Phi) is 8.80. The first-order chi connectivity index (χ1) is 24.0. The molecule has 12 atom stereocenters. The van der Waals surface area contributed by atoms with Crippen LogP contribution in [0.1, 0.15) is 113 Å². The number of sulfone groups is 1. The van der Waals surface area contributed by atoms with Crippen LogP contribution in [0, 0.1) is 69.0 Å². The summed E-state index contributed by atoms with van der Waals surface area (Å²) in [6.45, 7) is 25.9. The molecule has 8 rings (SSSR count). The standard InChI is InChI=1S/C44H68N2O4S/c1-9-50-39(47)37-31-26-29(27-32(31)37)33-13-15-41(6)35(40(33,4)5)14-16-43(8)36(41)11-10-34-38-30(28(2)3)12-17-44(38,19-18-42(34,43)7)45-20-21-46-22-24-51(48,49)25-23-46/h13,26,30-32,34-38,45H,2,9-12,14-25,27H2,1,3-8H3/t30-,31?,32?,34?,35-,36+,37?,38+,41-,42+,43+,44-/m0/s1. The van der Waals surface area contributed by atoms with E-state index in [0.717, 1.165) is 25.4 Å². The first-order valence-corrected chi connectivity index (χ1v) is 22.7. The van der Waals surface area contributed by atoms with Gasteiger partial charge in [-0.2, -0.15) is 0 Å². The van der Waals surface area contributed by atoms with E-state index in [0.29, 0.717) is 83.0 Å². The molecule has 0 bridgehead atoms. The van der Waals surface area contributed by atoms with Crippen molar-refractivity contribution in [2.45, 2.75) is 118 Å². The monoisotopic (exact) mass is 720 g/mol. The molecule has 7 aliphatic carbocycles. The first-order valence-electron chi connectivity index (χ1n) is 20.9. The minimum absolute atomic E-state index is 0.0165. The van der Waals surface area contributed by atoms with Crippen LogP contribution in [-0.4, -0.2) is 69.1 Å². The van der Waals surface area contributed by atoms with Gasteiger partial charge in [0.05, 0.1) is 24.0 Å². The van der Waals surface area contributed by atoms with Crippen molar-refractivity contribution in [3.63, 3.8) is 0 Å². The van der Waals surface area contributed by atoms with E-state index >= 15 is 0 Å². The van der Waals surface area contributed by atoms with Crippen LogP contribution in [0.3, 0.4) is 0 Å². The number of carbonyl (C=O) groups excluding carboxylic acids is 1. The highest BCUT2D eigenvalue weighted by Gasteiger charge is 2.70. The molecule has 0 aromatic heterocycles. The molecule has 0 aromatic carbocycles. The van der Waals surface area contributed by atoms with Crippen molar-refractivity contribution in [2.24, 2.45) is 69.0 Å². The molecule has 1 heterocycles. The normalized spacial score (nSPS) is 47.8. The highest BCUT2D eigenvalue weighted by Crippen LogP contribution is 2.77. The van der Waals surface area contributed by atoms with Gasteiger partial charge in [0.25, 0.3) is 0 Å². The summed E-state index contributed by atoms with van der Waals surface area (Å²) in [7, 11) is -2.85. The molecular formula is C44H68N2O4S. The Hall–Kier alpha value is -1.44. The molecule has 5 saturated carbocycles. The molecule has 6 nitrogen and oxygen atoms in total. The van der Waals surface area contributed by atoms with Crippen molar-refractivity contribution in [3.8, 4) is 0 Å². The van der Waals surface area contributed by atoms with Crippen LogP contribution in [-0.2, 0) is 19.4 Å². The topological polar surface area (TPSA) is 75.7 Å². The minimum Gasteiger partial charge on any atom is -0.466 e. The lowest BCUT2D eigenvalue weighted by Gasteiger charge is -2.72. The second kappa shape index (κ2) is 12.3. The van der Waals surface area contributed by atoms with Gasteiger partial charge in [0.2, 0.25) is 0 Å². The molecule has 8 aliphatic rings. The summed E-state index contributed by atoms with van der Waals surface area (Å²) in [6, 6.07) is 0. The lowest BCUT2D eigenvalue weighted by Crippen LogP contribution is -2.68. The predicted octanol–water partition coefficient (Wildman–Crippen LogP) is 8.01. The highest BCUT2D eigenvalue weighted by atomic mass is 32.2. The molecule has 7 heteroatoms. The third-order valence-electron chi connectivity index (χ3n) is 18.0. The Morgan fingerprint density at radius 2 is 1.73 bits per heavy atom. The molecule has 6 fully saturated rings. The molecule has 284 valence electrons. The van der Waals surface area contributed by atoms with Crippen LogP contribution in [0.4, 0.5) is 0 Å². The molecule has 51 heavy (non-hydrogen) atoms. The smallest absolute Gasteiger partial charge is 0.309 e. The van der Waals surface area contributed by atoms with Crippen LogP contribution in [0.15, 0.2) is 35.5 Å². The quantitative estimate of drug-likeness (QED) is 0.202. The fourth-order valence-electron chi connectivity index (χ4n) is 15.3. The first kappa shape index (κ1) is 36.5. The summed E-state index contributed by atoms with van der Waals surface area (Å²) in [5.41, 5.74) is 5.75. The van der Waals surface area contributed by atoms with Gasteiger partial charge in [0, 0.05) is 31.7 Å². The second-order valence-electron chi connectivity index (χ2n) is 20.2. The Bertz CT molecular complexity index is 1620. The van der Waals surface area contributed by atoms with Gasteiger partial charge in [-0.15, -0.1) is 0 Å². The molecule has 1 aliphatic heterocycles. The van der Waals surface area contributed by atoms with E-state index in [1.54, 1.807) is 5.57 Å². The zero-order chi connectivity index (χ0) is 36.4. The molecular weight excluding hydrogens is 653 g/mol.